The average Bonchev–Trinajstić information content (AvgIpc) is 2.63. The summed E-state index contributed by atoms with van der Waals surface area (Å²) in [6.45, 7) is 25.0. The number of rotatable bonds is 9. The molecule has 9 heteroatoms. The van der Waals surface area contributed by atoms with Gasteiger partial charge in [-0.3, -0.25) is 0 Å². The lowest BCUT2D eigenvalue weighted by atomic mass is 10.0. The Morgan fingerprint density at radius 1 is 0.485 bits per heavy atom. The maximum atomic E-state index is 13.6. The summed E-state index contributed by atoms with van der Waals surface area (Å²) in [5.41, 5.74) is 0.998. The molecule has 0 aliphatic rings. The lowest BCUT2D eigenvalue weighted by molar-refractivity contribution is 0.0479. The molecule has 0 bridgehead atoms. The minimum absolute atomic E-state index is 0.166. The van der Waals surface area contributed by atoms with Gasteiger partial charge >= 0.3 is 17.9 Å². The van der Waals surface area contributed by atoms with E-state index in [1.165, 1.54) is 0 Å². The largest absolute Gasteiger partial charge is 0.462 e. The Kier molecular flexibility index (Phi) is 9.50. The van der Waals surface area contributed by atoms with Crippen LogP contribution in [0.1, 0.15) is 51.8 Å². The van der Waals surface area contributed by atoms with Crippen molar-refractivity contribution in [2.24, 2.45) is 0 Å². The van der Waals surface area contributed by atoms with Crippen molar-refractivity contribution in [2.45, 2.75) is 79.7 Å². The summed E-state index contributed by atoms with van der Waals surface area (Å²) in [6, 6.07) is 0. The molecule has 0 radical (unpaired) electrons. The van der Waals surface area contributed by atoms with Crippen LogP contribution in [-0.4, -0.2) is 62.0 Å². The standard InChI is InChI=1S/C24H42O6Si3/c1-13-28-22(25)16-17(23(26)29-14-2)20(32(7,8)9)21(33(10,11)12)18(24(27)30-15-3)19(16)31(4,5)6/h13-15H2,1-12H3. The number of carbonyl (C=O) groups excluding carboxylic acids is 3. The third-order valence-corrected chi connectivity index (χ3v) is 11.4. The van der Waals surface area contributed by atoms with E-state index in [1.807, 2.05) is 0 Å². The van der Waals surface area contributed by atoms with Crippen LogP contribution in [0.25, 0.3) is 0 Å². The quantitative estimate of drug-likeness (QED) is 0.285. The van der Waals surface area contributed by atoms with Crippen molar-refractivity contribution < 1.29 is 28.6 Å². The second-order valence-electron chi connectivity index (χ2n) is 11.2. The fourth-order valence-electron chi connectivity index (χ4n) is 4.22. The number of carbonyl (C=O) groups is 3. The van der Waals surface area contributed by atoms with Crippen molar-refractivity contribution in [1.29, 1.82) is 0 Å². The summed E-state index contributed by atoms with van der Waals surface area (Å²) in [7, 11) is -6.86. The predicted octanol–water partition coefficient (Wildman–Crippen LogP) is 3.85. The van der Waals surface area contributed by atoms with Gasteiger partial charge in [-0.05, 0) is 36.3 Å². The molecule has 1 rings (SSSR count). The number of ether oxygens (including phenoxy) is 3. The first-order valence-corrected chi connectivity index (χ1v) is 22.2. The van der Waals surface area contributed by atoms with Crippen LogP contribution in [0.3, 0.4) is 0 Å². The Balaban J connectivity index is 4.68. The van der Waals surface area contributed by atoms with E-state index in [0.29, 0.717) is 16.3 Å². The topological polar surface area (TPSA) is 78.9 Å². The first kappa shape index (κ1) is 29.3. The van der Waals surface area contributed by atoms with Crippen molar-refractivity contribution in [1.82, 2.24) is 0 Å². The SMILES string of the molecule is CCOC(=O)c1c(C(=O)OCC)c([Si](C)(C)C)c([Si](C)(C)C)c(C(=O)OCC)c1[Si](C)(C)C. The van der Waals surface area contributed by atoms with Crippen LogP contribution >= 0.6 is 0 Å². The Morgan fingerprint density at radius 3 is 1.00 bits per heavy atom. The van der Waals surface area contributed by atoms with Crippen LogP contribution < -0.4 is 15.6 Å². The molecule has 0 amide bonds. The second kappa shape index (κ2) is 10.7. The molecule has 0 unspecified atom stereocenters. The van der Waals surface area contributed by atoms with E-state index in [-0.39, 0.29) is 25.4 Å². The van der Waals surface area contributed by atoms with Gasteiger partial charge in [-0.2, -0.15) is 0 Å². The van der Waals surface area contributed by atoms with Crippen molar-refractivity contribution >= 4 is 57.7 Å². The Bertz CT molecular complexity index is 918. The molecule has 0 atom stereocenters. The zero-order valence-corrected chi connectivity index (χ0v) is 25.6. The minimum Gasteiger partial charge on any atom is -0.462 e. The summed E-state index contributed by atoms with van der Waals surface area (Å²) in [6.07, 6.45) is 0. The molecule has 1 aromatic carbocycles. The molecule has 186 valence electrons. The molecule has 0 fully saturated rings. The molecule has 0 heterocycles. The van der Waals surface area contributed by atoms with Gasteiger partial charge in [0, 0.05) is 0 Å². The molecule has 1 aromatic rings. The van der Waals surface area contributed by atoms with Crippen LogP contribution in [0, 0.1) is 0 Å². The molecule has 33 heavy (non-hydrogen) atoms. The molecule has 0 saturated heterocycles. The number of esters is 3. The molecule has 0 aliphatic heterocycles. The van der Waals surface area contributed by atoms with E-state index in [4.69, 9.17) is 14.2 Å². The highest BCUT2D eigenvalue weighted by Crippen LogP contribution is 2.23. The minimum atomic E-state index is -2.37. The van der Waals surface area contributed by atoms with Gasteiger partial charge in [-0.1, -0.05) is 58.9 Å². The van der Waals surface area contributed by atoms with Crippen molar-refractivity contribution in [2.75, 3.05) is 19.8 Å². The monoisotopic (exact) mass is 510 g/mol. The Hall–Kier alpha value is -1.72. The highest BCUT2D eigenvalue weighted by atomic mass is 28.3. The van der Waals surface area contributed by atoms with Gasteiger partial charge in [0.25, 0.3) is 0 Å². The highest BCUT2D eigenvalue weighted by Gasteiger charge is 2.44. The molecular formula is C24H42O6Si3. The van der Waals surface area contributed by atoms with Gasteiger partial charge in [0.2, 0.25) is 0 Å². The maximum absolute atomic E-state index is 13.6. The summed E-state index contributed by atoms with van der Waals surface area (Å²) in [4.78, 5) is 40.6. The van der Waals surface area contributed by atoms with Crippen molar-refractivity contribution in [3.63, 3.8) is 0 Å². The van der Waals surface area contributed by atoms with E-state index in [9.17, 15) is 14.4 Å². The lowest BCUT2D eigenvalue weighted by Crippen LogP contribution is -2.65. The van der Waals surface area contributed by atoms with Gasteiger partial charge in [0.05, 0.1) is 60.7 Å². The zero-order chi connectivity index (χ0) is 25.9. The smallest absolute Gasteiger partial charge is 0.338 e. The van der Waals surface area contributed by atoms with Crippen molar-refractivity contribution in [3.05, 3.63) is 16.7 Å². The van der Waals surface area contributed by atoms with E-state index in [0.717, 1.165) is 10.4 Å². The molecule has 0 saturated carbocycles. The number of benzene rings is 1. The van der Waals surface area contributed by atoms with Gasteiger partial charge in [-0.15, -0.1) is 0 Å². The molecule has 0 aromatic heterocycles. The van der Waals surface area contributed by atoms with Gasteiger partial charge < -0.3 is 14.2 Å². The van der Waals surface area contributed by atoms with Crippen LogP contribution in [-0.2, 0) is 14.2 Å². The van der Waals surface area contributed by atoms with Crippen molar-refractivity contribution in [3.8, 4) is 0 Å². The Morgan fingerprint density at radius 2 is 0.727 bits per heavy atom. The van der Waals surface area contributed by atoms with E-state index < -0.39 is 42.1 Å². The summed E-state index contributed by atoms with van der Waals surface area (Å²) < 4.78 is 16.5. The van der Waals surface area contributed by atoms with E-state index >= 15 is 0 Å². The highest BCUT2D eigenvalue weighted by molar-refractivity contribution is 7.01. The molecule has 0 spiro atoms. The zero-order valence-electron chi connectivity index (χ0n) is 22.6. The van der Waals surface area contributed by atoms with Crippen LogP contribution in [0.4, 0.5) is 0 Å². The first-order valence-electron chi connectivity index (χ1n) is 11.7. The predicted molar refractivity (Wildman–Crippen MR) is 143 cm³/mol. The lowest BCUT2D eigenvalue weighted by Gasteiger charge is -2.37. The summed E-state index contributed by atoms with van der Waals surface area (Å²) >= 11 is 0. The molecule has 0 aliphatic carbocycles. The van der Waals surface area contributed by atoms with Crippen LogP contribution in [0.15, 0.2) is 0 Å². The van der Waals surface area contributed by atoms with Gasteiger partial charge in [0.1, 0.15) is 0 Å². The van der Waals surface area contributed by atoms with Crippen LogP contribution in [0.5, 0.6) is 0 Å². The van der Waals surface area contributed by atoms with Gasteiger partial charge in [0.15, 0.2) is 0 Å². The maximum Gasteiger partial charge on any atom is 0.338 e. The molecular weight excluding hydrogens is 469 g/mol. The third kappa shape index (κ3) is 6.45. The van der Waals surface area contributed by atoms with E-state index in [2.05, 4.69) is 58.9 Å². The van der Waals surface area contributed by atoms with E-state index in [1.54, 1.807) is 20.8 Å². The third-order valence-electron chi connectivity index (χ3n) is 5.19. The normalized spacial score (nSPS) is 12.4. The Labute approximate surface area is 202 Å². The summed E-state index contributed by atoms with van der Waals surface area (Å²) in [5, 5.41) is 2.39. The first-order chi connectivity index (χ1) is 14.9. The van der Waals surface area contributed by atoms with Gasteiger partial charge in [-0.25, -0.2) is 14.4 Å². The number of hydrogen-bond donors (Lipinski definition) is 0. The fraction of sp³-hybridized carbons (Fsp3) is 0.625. The average molecular weight is 511 g/mol. The number of hydrogen-bond acceptors (Lipinski definition) is 6. The fourth-order valence-corrected chi connectivity index (χ4v) is 12.3. The second-order valence-corrected chi connectivity index (χ2v) is 26.2. The molecule has 0 N–H and O–H groups in total. The summed E-state index contributed by atoms with van der Waals surface area (Å²) in [5.74, 6) is -1.52. The molecule has 6 nitrogen and oxygen atoms in total. The van der Waals surface area contributed by atoms with Crippen LogP contribution in [0.2, 0.25) is 58.9 Å².